The molecule has 3 aromatic carbocycles. The lowest BCUT2D eigenvalue weighted by Gasteiger charge is -2.18. The number of benzene rings is 3. The molecule has 1 aliphatic heterocycles. The summed E-state index contributed by atoms with van der Waals surface area (Å²) in [6, 6.07) is 27.4. The summed E-state index contributed by atoms with van der Waals surface area (Å²) >= 11 is 0. The van der Waals surface area contributed by atoms with Crippen LogP contribution in [0.25, 0.3) is 0 Å². The topological polar surface area (TPSA) is 95.6 Å². The minimum atomic E-state index is -0.638. The van der Waals surface area contributed by atoms with Gasteiger partial charge in [-0.25, -0.2) is 0 Å². The highest BCUT2D eigenvalue weighted by Crippen LogP contribution is 2.42. The van der Waals surface area contributed by atoms with Gasteiger partial charge in [-0.15, -0.1) is 0 Å². The summed E-state index contributed by atoms with van der Waals surface area (Å²) in [7, 11) is 0. The Morgan fingerprint density at radius 3 is 1.34 bits per heavy atom. The number of rotatable bonds is 24. The van der Waals surface area contributed by atoms with Crippen molar-refractivity contribution in [1.82, 2.24) is 15.5 Å². The lowest BCUT2D eigenvalue weighted by Crippen LogP contribution is -2.43. The number of likely N-dealkylation sites (tertiary alicyclic amines) is 1. The van der Waals surface area contributed by atoms with E-state index < -0.39 is 11.8 Å². The Labute approximate surface area is 335 Å². The fourth-order valence-electron chi connectivity index (χ4n) is 8.71. The summed E-state index contributed by atoms with van der Waals surface area (Å²) < 4.78 is 0. The Hall–Kier alpha value is -4.26. The van der Waals surface area contributed by atoms with Gasteiger partial charge in [0.1, 0.15) is 0 Å². The number of nitrogens with zero attached hydrogens (tertiary/aromatic N) is 1. The zero-order valence-electron chi connectivity index (χ0n) is 33.8. The van der Waals surface area contributed by atoms with E-state index in [1.165, 1.54) is 94.6 Å². The Balaban J connectivity index is 0.937. The van der Waals surface area contributed by atoms with Crippen LogP contribution in [0.5, 0.6) is 0 Å². The van der Waals surface area contributed by atoms with Crippen LogP contribution in [-0.2, 0) is 9.59 Å². The van der Waals surface area contributed by atoms with Gasteiger partial charge in [-0.2, -0.15) is 0 Å². The molecule has 6 atom stereocenters. The quantitative estimate of drug-likeness (QED) is 0.0702. The van der Waals surface area contributed by atoms with Gasteiger partial charge in [0, 0.05) is 54.6 Å². The van der Waals surface area contributed by atoms with Crippen molar-refractivity contribution < 1.29 is 19.2 Å². The SMILES string of the molecule is CCCCCCCCCCCCCCCCCC(=O)c1ccc(C(=O)N2C[C@@H](C(=O)N[C@H]3C[C@@H]3c3ccccc3)[C@H](C(=O)N[C@H]3C[C@@H]3c3ccccc3)C2)cc1. The van der Waals surface area contributed by atoms with Crippen molar-refractivity contribution in [1.29, 1.82) is 0 Å². The van der Waals surface area contributed by atoms with Crippen LogP contribution in [0.4, 0.5) is 0 Å². The van der Waals surface area contributed by atoms with Crippen molar-refractivity contribution in [3.05, 3.63) is 107 Å². The lowest BCUT2D eigenvalue weighted by molar-refractivity contribution is -0.133. The largest absolute Gasteiger partial charge is 0.352 e. The van der Waals surface area contributed by atoms with E-state index in [4.69, 9.17) is 0 Å². The normalized spacial score (nSPS) is 22.4. The van der Waals surface area contributed by atoms with Crippen LogP contribution in [0.2, 0.25) is 0 Å². The number of ketones is 1. The highest BCUT2D eigenvalue weighted by atomic mass is 16.2. The second-order valence-corrected chi connectivity index (χ2v) is 16.9. The molecule has 7 nitrogen and oxygen atoms in total. The van der Waals surface area contributed by atoms with Crippen LogP contribution < -0.4 is 10.6 Å². The van der Waals surface area contributed by atoms with Gasteiger partial charge in [0.2, 0.25) is 11.8 Å². The van der Waals surface area contributed by atoms with Gasteiger partial charge in [-0.05, 0) is 42.5 Å². The average molecular weight is 760 g/mol. The molecule has 0 bridgehead atoms. The number of carbonyl (C=O) groups is 4. The van der Waals surface area contributed by atoms with Crippen molar-refractivity contribution in [2.45, 2.75) is 146 Å². The van der Waals surface area contributed by atoms with Gasteiger partial charge in [0.25, 0.3) is 5.91 Å². The predicted octanol–water partition coefficient (Wildman–Crippen LogP) is 10.2. The molecular formula is C49H65N3O4. The first-order valence-corrected chi connectivity index (χ1v) is 22.1. The highest BCUT2D eigenvalue weighted by Gasteiger charge is 2.48. The van der Waals surface area contributed by atoms with E-state index in [0.717, 1.165) is 25.7 Å². The van der Waals surface area contributed by atoms with Gasteiger partial charge in [-0.1, -0.05) is 170 Å². The molecule has 1 saturated heterocycles. The van der Waals surface area contributed by atoms with E-state index >= 15 is 0 Å². The Kier molecular flexibility index (Phi) is 15.7. The van der Waals surface area contributed by atoms with Gasteiger partial charge in [-0.3, -0.25) is 19.2 Å². The summed E-state index contributed by atoms with van der Waals surface area (Å²) in [5.41, 5.74) is 3.49. The van der Waals surface area contributed by atoms with Crippen LogP contribution >= 0.6 is 0 Å². The van der Waals surface area contributed by atoms with Crippen LogP contribution in [0, 0.1) is 11.8 Å². The first-order valence-electron chi connectivity index (χ1n) is 22.1. The highest BCUT2D eigenvalue weighted by molar-refractivity contribution is 5.99. The molecule has 1 heterocycles. The maximum atomic E-state index is 13.8. The van der Waals surface area contributed by atoms with Crippen LogP contribution in [0.3, 0.4) is 0 Å². The molecule has 56 heavy (non-hydrogen) atoms. The number of nitrogens with one attached hydrogen (secondary N) is 2. The maximum absolute atomic E-state index is 13.8. The number of amides is 3. The van der Waals surface area contributed by atoms with E-state index in [1.807, 2.05) is 36.4 Å². The average Bonchev–Trinajstić information content (AvgIpc) is 4.14. The number of carbonyl (C=O) groups excluding carboxylic acids is 4. The first-order chi connectivity index (χ1) is 27.4. The number of hydrogen-bond acceptors (Lipinski definition) is 4. The molecule has 2 saturated carbocycles. The summed E-state index contributed by atoms with van der Waals surface area (Å²) in [5, 5.41) is 6.41. The third kappa shape index (κ3) is 12.1. The van der Waals surface area contributed by atoms with Crippen molar-refractivity contribution in [2.24, 2.45) is 11.8 Å². The first kappa shape index (κ1) is 41.4. The molecule has 3 aromatic rings. The van der Waals surface area contributed by atoms with Gasteiger partial charge < -0.3 is 15.5 Å². The lowest BCUT2D eigenvalue weighted by atomic mass is 9.94. The third-order valence-corrected chi connectivity index (χ3v) is 12.4. The standard InChI is InChI=1S/C49H65N3O4/c1-2-3-4-5-6-7-8-9-10-11-12-13-14-15-22-27-46(53)38-28-30-39(31-29-38)49(56)52-34-42(47(54)50-44-32-40(44)36-23-18-16-19-24-36)43(35-52)48(55)51-45-33-41(45)37-25-20-17-21-26-37/h16-21,23-26,28-31,40-45H,2-15,22,27,32-35H2,1H3,(H,50,54)(H,51,55)/t40-,41-,42-,43-,44+,45+/m1/s1. The molecule has 0 unspecified atom stereocenters. The number of hydrogen-bond donors (Lipinski definition) is 2. The molecule has 3 amide bonds. The molecular weight excluding hydrogens is 695 g/mol. The van der Waals surface area contributed by atoms with Gasteiger partial charge in [0.05, 0.1) is 11.8 Å². The zero-order valence-corrected chi connectivity index (χ0v) is 33.8. The molecule has 3 fully saturated rings. The van der Waals surface area contributed by atoms with E-state index in [0.29, 0.717) is 17.5 Å². The van der Waals surface area contributed by atoms with E-state index in [-0.39, 0.29) is 60.5 Å². The monoisotopic (exact) mass is 759 g/mol. The Morgan fingerprint density at radius 1 is 0.518 bits per heavy atom. The summed E-state index contributed by atoms with van der Waals surface area (Å²) in [6.07, 6.45) is 21.6. The Bertz CT molecular complexity index is 1620. The molecule has 0 spiro atoms. The molecule has 0 aromatic heterocycles. The van der Waals surface area contributed by atoms with Crippen molar-refractivity contribution in [3.8, 4) is 0 Å². The smallest absolute Gasteiger partial charge is 0.253 e. The molecule has 7 heteroatoms. The Morgan fingerprint density at radius 2 is 0.911 bits per heavy atom. The molecule has 0 radical (unpaired) electrons. The van der Waals surface area contributed by atoms with Crippen LogP contribution in [-0.4, -0.2) is 53.6 Å². The number of unbranched alkanes of at least 4 members (excludes halogenated alkanes) is 14. The van der Waals surface area contributed by atoms with Crippen molar-refractivity contribution in [3.63, 3.8) is 0 Å². The second-order valence-electron chi connectivity index (χ2n) is 16.9. The maximum Gasteiger partial charge on any atom is 0.253 e. The molecule has 2 N–H and O–H groups in total. The molecule has 2 aliphatic carbocycles. The van der Waals surface area contributed by atoms with Crippen molar-refractivity contribution >= 4 is 23.5 Å². The van der Waals surface area contributed by atoms with Crippen LogP contribution in [0.1, 0.15) is 166 Å². The minimum absolute atomic E-state index is 0.0312. The summed E-state index contributed by atoms with van der Waals surface area (Å²) in [4.78, 5) is 56.0. The van der Waals surface area contributed by atoms with Gasteiger partial charge >= 0.3 is 0 Å². The minimum Gasteiger partial charge on any atom is -0.352 e. The number of Topliss-reactive ketones (excluding diaryl/α,β-unsaturated/α-hetero) is 1. The van der Waals surface area contributed by atoms with E-state index in [9.17, 15) is 19.2 Å². The van der Waals surface area contributed by atoms with Gasteiger partial charge in [0.15, 0.2) is 5.78 Å². The van der Waals surface area contributed by atoms with E-state index in [2.05, 4.69) is 41.8 Å². The molecule has 6 rings (SSSR count). The predicted molar refractivity (Wildman–Crippen MR) is 225 cm³/mol. The molecule has 300 valence electrons. The fraction of sp³-hybridized carbons (Fsp3) is 0.551. The van der Waals surface area contributed by atoms with Crippen LogP contribution in [0.15, 0.2) is 84.9 Å². The summed E-state index contributed by atoms with van der Waals surface area (Å²) in [5.74, 6) is -1.19. The second kappa shape index (κ2) is 21.3. The zero-order chi connectivity index (χ0) is 39.1. The molecule has 3 aliphatic rings. The fourth-order valence-corrected chi connectivity index (χ4v) is 8.71. The summed E-state index contributed by atoms with van der Waals surface area (Å²) in [6.45, 7) is 2.63. The third-order valence-electron chi connectivity index (χ3n) is 12.4. The van der Waals surface area contributed by atoms with Crippen molar-refractivity contribution in [2.75, 3.05) is 13.1 Å². The van der Waals surface area contributed by atoms with E-state index in [1.54, 1.807) is 29.2 Å².